The molecule has 4 aliphatic rings. The highest BCUT2D eigenvalue weighted by Crippen LogP contribution is 2.64. The lowest BCUT2D eigenvalue weighted by atomic mass is 9.50. The maximum absolute atomic E-state index is 12.2. The van der Waals surface area contributed by atoms with Crippen molar-refractivity contribution < 1.29 is 14.7 Å². The number of hydrogen-bond donors (Lipinski definition) is 1. The van der Waals surface area contributed by atoms with E-state index in [1.807, 2.05) is 6.08 Å². The van der Waals surface area contributed by atoms with Gasteiger partial charge in [-0.1, -0.05) is 12.5 Å². The van der Waals surface area contributed by atoms with Gasteiger partial charge in [-0.15, -0.1) is 0 Å². The van der Waals surface area contributed by atoms with Gasteiger partial charge < -0.3 is 5.11 Å². The molecular weight excluding hydrogens is 288 g/mol. The molecule has 3 heteroatoms. The van der Waals surface area contributed by atoms with Crippen LogP contribution in [-0.4, -0.2) is 22.3 Å². The Hall–Kier alpha value is -0.960. The molecule has 4 aliphatic carbocycles. The summed E-state index contributed by atoms with van der Waals surface area (Å²) in [4.78, 5) is 23.9. The number of carbonyl (C=O) groups excluding carboxylic acids is 2. The highest BCUT2D eigenvalue weighted by Gasteiger charge is 2.64. The van der Waals surface area contributed by atoms with Gasteiger partial charge in [0.05, 0.1) is 0 Å². The van der Waals surface area contributed by atoms with Crippen LogP contribution in [0.4, 0.5) is 0 Å². The Balaban J connectivity index is 1.65. The van der Waals surface area contributed by atoms with Crippen molar-refractivity contribution in [2.75, 3.05) is 0 Å². The number of fused-ring (bicyclic) bond motifs is 5. The second-order valence-corrected chi connectivity index (χ2v) is 8.71. The Morgan fingerprint density at radius 3 is 2.65 bits per heavy atom. The molecule has 0 heterocycles. The van der Waals surface area contributed by atoms with Crippen molar-refractivity contribution in [3.8, 4) is 0 Å². The van der Waals surface area contributed by atoms with E-state index in [0.29, 0.717) is 42.3 Å². The standard InChI is InChI=1S/C20H28O3/c1-12(21)20(23)10-8-18-17-5-3-13-11-14(22)4-6-15(13)16(17)7-9-19(18,20)2/h11,15-18,23H,3-10H2,1-2H3/t15-,16+,17+,18+,19-,20-/m0/s1. The van der Waals surface area contributed by atoms with Gasteiger partial charge in [0.1, 0.15) is 5.60 Å². The summed E-state index contributed by atoms with van der Waals surface area (Å²) in [5.41, 5.74) is 0.0402. The average Bonchev–Trinajstić information content (AvgIpc) is 2.80. The number of carbonyl (C=O) groups is 2. The fraction of sp³-hybridized carbons (Fsp3) is 0.800. The fourth-order valence-electron chi connectivity index (χ4n) is 6.78. The van der Waals surface area contributed by atoms with E-state index in [1.165, 1.54) is 5.57 Å². The summed E-state index contributed by atoms with van der Waals surface area (Å²) in [5.74, 6) is 2.60. The van der Waals surface area contributed by atoms with E-state index in [0.717, 1.165) is 38.5 Å². The van der Waals surface area contributed by atoms with Crippen LogP contribution in [0.2, 0.25) is 0 Å². The van der Waals surface area contributed by atoms with E-state index in [1.54, 1.807) is 6.92 Å². The van der Waals surface area contributed by atoms with Crippen LogP contribution in [0.1, 0.15) is 65.2 Å². The lowest BCUT2D eigenvalue weighted by molar-refractivity contribution is -0.157. The van der Waals surface area contributed by atoms with E-state index >= 15 is 0 Å². The molecule has 0 unspecified atom stereocenters. The Bertz CT molecular complexity index is 592. The van der Waals surface area contributed by atoms with Crippen molar-refractivity contribution in [2.45, 2.75) is 70.8 Å². The van der Waals surface area contributed by atoms with Crippen molar-refractivity contribution in [1.82, 2.24) is 0 Å². The quantitative estimate of drug-likeness (QED) is 0.806. The number of hydrogen-bond acceptors (Lipinski definition) is 3. The zero-order valence-electron chi connectivity index (χ0n) is 14.3. The second-order valence-electron chi connectivity index (χ2n) is 8.71. The normalized spacial score (nSPS) is 49.0. The lowest BCUT2D eigenvalue weighted by Crippen LogP contribution is -2.55. The highest BCUT2D eigenvalue weighted by molar-refractivity contribution is 5.91. The zero-order chi connectivity index (χ0) is 16.4. The number of ketones is 2. The monoisotopic (exact) mass is 316 g/mol. The maximum atomic E-state index is 12.2. The Morgan fingerprint density at radius 1 is 1.13 bits per heavy atom. The van der Waals surface area contributed by atoms with Gasteiger partial charge in [0, 0.05) is 11.8 Å². The third-order valence-electron chi connectivity index (χ3n) is 8.03. The molecule has 0 saturated heterocycles. The third-order valence-corrected chi connectivity index (χ3v) is 8.03. The van der Waals surface area contributed by atoms with Crippen LogP contribution >= 0.6 is 0 Å². The number of aliphatic hydroxyl groups is 1. The molecule has 23 heavy (non-hydrogen) atoms. The van der Waals surface area contributed by atoms with Crippen LogP contribution in [0.5, 0.6) is 0 Å². The smallest absolute Gasteiger partial charge is 0.161 e. The van der Waals surface area contributed by atoms with E-state index in [4.69, 9.17) is 0 Å². The first kappa shape index (κ1) is 15.6. The van der Waals surface area contributed by atoms with E-state index in [9.17, 15) is 14.7 Å². The van der Waals surface area contributed by atoms with Crippen molar-refractivity contribution >= 4 is 11.6 Å². The molecule has 0 amide bonds. The van der Waals surface area contributed by atoms with E-state index in [-0.39, 0.29) is 11.2 Å². The molecule has 0 aromatic rings. The predicted molar refractivity (Wildman–Crippen MR) is 87.7 cm³/mol. The summed E-state index contributed by atoms with van der Waals surface area (Å²) >= 11 is 0. The molecule has 0 aliphatic heterocycles. The summed E-state index contributed by atoms with van der Waals surface area (Å²) in [7, 11) is 0. The summed E-state index contributed by atoms with van der Waals surface area (Å²) < 4.78 is 0. The molecule has 0 aromatic heterocycles. The van der Waals surface area contributed by atoms with Gasteiger partial charge >= 0.3 is 0 Å². The first-order valence-corrected chi connectivity index (χ1v) is 9.33. The molecule has 3 saturated carbocycles. The van der Waals surface area contributed by atoms with Gasteiger partial charge in [-0.2, -0.15) is 0 Å². The zero-order valence-corrected chi connectivity index (χ0v) is 14.3. The number of allylic oxidation sites excluding steroid dienone is 1. The van der Waals surface area contributed by atoms with Gasteiger partial charge in [0.25, 0.3) is 0 Å². The van der Waals surface area contributed by atoms with Gasteiger partial charge in [-0.3, -0.25) is 9.59 Å². The number of rotatable bonds is 1. The maximum Gasteiger partial charge on any atom is 0.161 e. The molecule has 1 N–H and O–H groups in total. The third kappa shape index (κ3) is 1.98. The minimum Gasteiger partial charge on any atom is -0.382 e. The van der Waals surface area contributed by atoms with Gasteiger partial charge in [-0.25, -0.2) is 0 Å². The SMILES string of the molecule is CC(=O)[C@@]1(O)CC[C@@H]2[C@@H]3CCC4=CC(=O)CC[C@@H]4[C@H]3CC[C@@]21C. The minimum absolute atomic E-state index is 0.0411. The number of Topliss-reactive ketones (excluding diaryl/α,β-unsaturated/α-hetero) is 1. The molecule has 3 nitrogen and oxygen atoms in total. The van der Waals surface area contributed by atoms with Gasteiger partial charge in [0.15, 0.2) is 11.6 Å². The Labute approximate surface area is 138 Å². The molecule has 126 valence electrons. The molecule has 3 fully saturated rings. The first-order valence-electron chi connectivity index (χ1n) is 9.33. The second kappa shape index (κ2) is 5.02. The molecule has 0 radical (unpaired) electrons. The molecule has 0 aromatic carbocycles. The molecule has 4 rings (SSSR count). The summed E-state index contributed by atoms with van der Waals surface area (Å²) in [6.07, 6.45) is 9.51. The van der Waals surface area contributed by atoms with Gasteiger partial charge in [0.2, 0.25) is 0 Å². The Morgan fingerprint density at radius 2 is 1.91 bits per heavy atom. The van der Waals surface area contributed by atoms with Crippen molar-refractivity contribution in [3.05, 3.63) is 11.6 Å². The van der Waals surface area contributed by atoms with E-state index < -0.39 is 5.60 Å². The summed E-state index contributed by atoms with van der Waals surface area (Å²) in [5, 5.41) is 11.1. The van der Waals surface area contributed by atoms with Crippen LogP contribution < -0.4 is 0 Å². The summed E-state index contributed by atoms with van der Waals surface area (Å²) in [6.45, 7) is 3.73. The van der Waals surface area contributed by atoms with Crippen LogP contribution in [0, 0.1) is 29.1 Å². The highest BCUT2D eigenvalue weighted by atomic mass is 16.3. The van der Waals surface area contributed by atoms with Crippen LogP contribution in [-0.2, 0) is 9.59 Å². The first-order chi connectivity index (χ1) is 10.9. The van der Waals surface area contributed by atoms with E-state index in [2.05, 4.69) is 6.92 Å². The minimum atomic E-state index is -1.11. The Kier molecular flexibility index (Phi) is 3.39. The summed E-state index contributed by atoms with van der Waals surface area (Å²) in [6, 6.07) is 0. The topological polar surface area (TPSA) is 54.4 Å². The molecular formula is C20H28O3. The average molecular weight is 316 g/mol. The molecule has 0 bridgehead atoms. The van der Waals surface area contributed by atoms with Gasteiger partial charge in [-0.05, 0) is 81.6 Å². The van der Waals surface area contributed by atoms with Crippen LogP contribution in [0.15, 0.2) is 11.6 Å². The largest absolute Gasteiger partial charge is 0.382 e. The van der Waals surface area contributed by atoms with Crippen molar-refractivity contribution in [1.29, 1.82) is 0 Å². The van der Waals surface area contributed by atoms with Crippen LogP contribution in [0.25, 0.3) is 0 Å². The van der Waals surface area contributed by atoms with Crippen LogP contribution in [0.3, 0.4) is 0 Å². The fourth-order valence-corrected chi connectivity index (χ4v) is 6.78. The molecule has 0 spiro atoms. The lowest BCUT2D eigenvalue weighted by Gasteiger charge is -2.55. The van der Waals surface area contributed by atoms with Crippen molar-refractivity contribution in [2.24, 2.45) is 29.1 Å². The molecule has 6 atom stereocenters. The predicted octanol–water partition coefficient (Wildman–Crippen LogP) is 3.45. The van der Waals surface area contributed by atoms with Crippen molar-refractivity contribution in [3.63, 3.8) is 0 Å².